The number of methoxy groups -OCH3 is 2. The van der Waals surface area contributed by atoms with E-state index in [0.29, 0.717) is 13.2 Å². The van der Waals surface area contributed by atoms with Gasteiger partial charge in [-0.2, -0.15) is 0 Å². The highest BCUT2D eigenvalue weighted by Crippen LogP contribution is 2.19. The third-order valence-electron chi connectivity index (χ3n) is 2.43. The van der Waals surface area contributed by atoms with E-state index in [9.17, 15) is 0 Å². The van der Waals surface area contributed by atoms with Crippen molar-refractivity contribution in [2.24, 2.45) is 0 Å². The number of hydrogen-bond donors (Lipinski definition) is 1. The van der Waals surface area contributed by atoms with Gasteiger partial charge in [0.2, 0.25) is 0 Å². The Morgan fingerprint density at radius 2 is 2.06 bits per heavy atom. The molecule has 0 saturated heterocycles. The minimum absolute atomic E-state index is 0.656. The number of unbranched alkanes of at least 4 members (excludes halogenated alkanes) is 1. The summed E-state index contributed by atoms with van der Waals surface area (Å²) in [7, 11) is 3.32. The maximum atomic E-state index is 5.38. The van der Waals surface area contributed by atoms with E-state index in [1.807, 2.05) is 12.1 Å². The van der Waals surface area contributed by atoms with Crippen molar-refractivity contribution < 1.29 is 14.2 Å². The summed E-state index contributed by atoms with van der Waals surface area (Å²) < 4.78 is 15.5. The summed E-state index contributed by atoms with van der Waals surface area (Å²) in [5.74, 6) is 1.56. The van der Waals surface area contributed by atoms with Crippen molar-refractivity contribution in [2.45, 2.75) is 12.8 Å². The molecule has 0 fully saturated rings. The fourth-order valence-electron chi connectivity index (χ4n) is 1.47. The molecule has 0 aliphatic rings. The van der Waals surface area contributed by atoms with Gasteiger partial charge in [0.05, 0.1) is 20.3 Å². The van der Waals surface area contributed by atoms with E-state index in [2.05, 4.69) is 10.3 Å². The molecule has 102 valence electrons. The van der Waals surface area contributed by atoms with Crippen LogP contribution in [0.15, 0.2) is 18.3 Å². The molecule has 0 unspecified atom stereocenters. The number of ether oxygens (including phenoxy) is 3. The molecule has 0 aliphatic heterocycles. The van der Waals surface area contributed by atoms with E-state index >= 15 is 0 Å². The van der Waals surface area contributed by atoms with Crippen LogP contribution in [0.3, 0.4) is 0 Å². The minimum atomic E-state index is 0.656. The molecule has 0 amide bonds. The molecular weight excluding hydrogens is 232 g/mol. The standard InChI is InChI=1S/C13H22N2O3/c1-16-10-11-18-9-4-3-7-14-13-12(17-2)6-5-8-15-13/h5-6,8H,3-4,7,9-11H2,1-2H3,(H,14,15). The maximum absolute atomic E-state index is 5.38. The van der Waals surface area contributed by atoms with Gasteiger partial charge in [-0.15, -0.1) is 0 Å². The zero-order valence-electron chi connectivity index (χ0n) is 11.1. The van der Waals surface area contributed by atoms with Crippen molar-refractivity contribution >= 4 is 5.82 Å². The lowest BCUT2D eigenvalue weighted by Gasteiger charge is -2.09. The molecule has 5 nitrogen and oxygen atoms in total. The quantitative estimate of drug-likeness (QED) is 0.647. The molecule has 1 aromatic heterocycles. The van der Waals surface area contributed by atoms with Crippen molar-refractivity contribution in [2.75, 3.05) is 45.9 Å². The lowest BCUT2D eigenvalue weighted by Crippen LogP contribution is -2.07. The van der Waals surface area contributed by atoms with Gasteiger partial charge < -0.3 is 19.5 Å². The van der Waals surface area contributed by atoms with Crippen LogP contribution in [0.4, 0.5) is 5.82 Å². The Balaban J connectivity index is 2.07. The number of aromatic nitrogens is 1. The molecule has 5 heteroatoms. The molecular formula is C13H22N2O3. The average molecular weight is 254 g/mol. The molecule has 0 radical (unpaired) electrons. The summed E-state index contributed by atoms with van der Waals surface area (Å²) >= 11 is 0. The first-order valence-corrected chi connectivity index (χ1v) is 6.18. The van der Waals surface area contributed by atoms with E-state index < -0.39 is 0 Å². The number of hydrogen-bond acceptors (Lipinski definition) is 5. The second-order valence-electron chi connectivity index (χ2n) is 3.79. The van der Waals surface area contributed by atoms with E-state index in [0.717, 1.165) is 37.6 Å². The van der Waals surface area contributed by atoms with Crippen molar-refractivity contribution in [3.05, 3.63) is 18.3 Å². The maximum Gasteiger partial charge on any atom is 0.168 e. The molecule has 0 aliphatic carbocycles. The van der Waals surface area contributed by atoms with Crippen molar-refractivity contribution in [3.8, 4) is 5.75 Å². The second-order valence-corrected chi connectivity index (χ2v) is 3.79. The van der Waals surface area contributed by atoms with Crippen molar-refractivity contribution in [1.29, 1.82) is 0 Å². The molecule has 1 rings (SSSR count). The van der Waals surface area contributed by atoms with Crippen LogP contribution in [0.5, 0.6) is 5.75 Å². The number of pyridine rings is 1. The zero-order valence-corrected chi connectivity index (χ0v) is 11.1. The fourth-order valence-corrected chi connectivity index (χ4v) is 1.47. The predicted molar refractivity (Wildman–Crippen MR) is 71.2 cm³/mol. The van der Waals surface area contributed by atoms with Crippen LogP contribution in [0, 0.1) is 0 Å². The van der Waals surface area contributed by atoms with Gasteiger partial charge in [-0.05, 0) is 25.0 Å². The third kappa shape index (κ3) is 5.84. The van der Waals surface area contributed by atoms with Crippen LogP contribution < -0.4 is 10.1 Å². The van der Waals surface area contributed by atoms with Gasteiger partial charge >= 0.3 is 0 Å². The topological polar surface area (TPSA) is 52.6 Å². The highest BCUT2D eigenvalue weighted by Gasteiger charge is 2.01. The van der Waals surface area contributed by atoms with Gasteiger partial charge in [0.1, 0.15) is 0 Å². The Bertz CT molecular complexity index is 321. The lowest BCUT2D eigenvalue weighted by atomic mass is 10.3. The Labute approximate surface area is 108 Å². The van der Waals surface area contributed by atoms with Gasteiger partial charge in [-0.3, -0.25) is 0 Å². The smallest absolute Gasteiger partial charge is 0.168 e. The second kappa shape index (κ2) is 9.67. The Morgan fingerprint density at radius 1 is 1.17 bits per heavy atom. The zero-order chi connectivity index (χ0) is 13.1. The van der Waals surface area contributed by atoms with Crippen LogP contribution in [0.2, 0.25) is 0 Å². The van der Waals surface area contributed by atoms with E-state index in [1.165, 1.54) is 0 Å². The van der Waals surface area contributed by atoms with E-state index in [1.54, 1.807) is 20.4 Å². The Kier molecular flexibility index (Phi) is 7.92. The fraction of sp³-hybridized carbons (Fsp3) is 0.615. The predicted octanol–water partition coefficient (Wildman–Crippen LogP) is 1.95. The number of rotatable bonds is 10. The van der Waals surface area contributed by atoms with Crippen molar-refractivity contribution in [1.82, 2.24) is 4.98 Å². The van der Waals surface area contributed by atoms with Crippen LogP contribution in [0.1, 0.15) is 12.8 Å². The first-order valence-electron chi connectivity index (χ1n) is 6.18. The Hall–Kier alpha value is -1.33. The number of anilines is 1. The van der Waals surface area contributed by atoms with Crippen LogP contribution >= 0.6 is 0 Å². The van der Waals surface area contributed by atoms with Crippen LogP contribution in [-0.2, 0) is 9.47 Å². The third-order valence-corrected chi connectivity index (χ3v) is 2.43. The molecule has 0 saturated carbocycles. The van der Waals surface area contributed by atoms with Gasteiger partial charge in [0.15, 0.2) is 11.6 Å². The summed E-state index contributed by atoms with van der Waals surface area (Å²) in [6.45, 7) is 2.95. The molecule has 1 heterocycles. The van der Waals surface area contributed by atoms with Crippen molar-refractivity contribution in [3.63, 3.8) is 0 Å². The highest BCUT2D eigenvalue weighted by atomic mass is 16.5. The van der Waals surface area contributed by atoms with Gasteiger partial charge in [0, 0.05) is 26.5 Å². The summed E-state index contributed by atoms with van der Waals surface area (Å²) in [5.41, 5.74) is 0. The minimum Gasteiger partial charge on any atom is -0.493 e. The van der Waals surface area contributed by atoms with E-state index in [4.69, 9.17) is 14.2 Å². The van der Waals surface area contributed by atoms with Crippen LogP contribution in [-0.4, -0.2) is 45.6 Å². The summed E-state index contributed by atoms with van der Waals surface area (Å²) in [6, 6.07) is 3.75. The molecule has 1 N–H and O–H groups in total. The highest BCUT2D eigenvalue weighted by molar-refractivity contribution is 5.49. The average Bonchev–Trinajstić information content (AvgIpc) is 2.42. The lowest BCUT2D eigenvalue weighted by molar-refractivity contribution is 0.0691. The van der Waals surface area contributed by atoms with Gasteiger partial charge in [0.25, 0.3) is 0 Å². The van der Waals surface area contributed by atoms with Gasteiger partial charge in [-0.1, -0.05) is 0 Å². The molecule has 0 aromatic carbocycles. The van der Waals surface area contributed by atoms with Gasteiger partial charge in [-0.25, -0.2) is 4.98 Å². The molecule has 1 aromatic rings. The molecule has 0 spiro atoms. The van der Waals surface area contributed by atoms with Crippen LogP contribution in [0.25, 0.3) is 0 Å². The number of nitrogens with zero attached hydrogens (tertiary/aromatic N) is 1. The summed E-state index contributed by atoms with van der Waals surface area (Å²) in [5, 5.41) is 3.25. The Morgan fingerprint density at radius 3 is 2.83 bits per heavy atom. The first-order chi connectivity index (χ1) is 8.88. The largest absolute Gasteiger partial charge is 0.493 e. The molecule has 18 heavy (non-hydrogen) atoms. The molecule has 0 bridgehead atoms. The summed E-state index contributed by atoms with van der Waals surface area (Å²) in [6.07, 6.45) is 3.80. The number of nitrogens with one attached hydrogen (secondary N) is 1. The monoisotopic (exact) mass is 254 g/mol. The first kappa shape index (κ1) is 14.7. The SMILES string of the molecule is COCCOCCCCNc1ncccc1OC. The summed E-state index contributed by atoms with van der Waals surface area (Å²) in [4.78, 5) is 4.22. The van der Waals surface area contributed by atoms with E-state index in [-0.39, 0.29) is 0 Å². The normalized spacial score (nSPS) is 10.3. The molecule has 0 atom stereocenters.